The fourth-order valence-corrected chi connectivity index (χ4v) is 1.28. The van der Waals surface area contributed by atoms with Gasteiger partial charge in [0.05, 0.1) is 0 Å². The molecule has 0 bridgehead atoms. The van der Waals surface area contributed by atoms with Crippen molar-refractivity contribution in [3.63, 3.8) is 0 Å². The van der Waals surface area contributed by atoms with E-state index in [0.717, 1.165) is 5.69 Å². The van der Waals surface area contributed by atoms with E-state index in [-0.39, 0.29) is 0 Å². The van der Waals surface area contributed by atoms with Crippen LogP contribution in [-0.2, 0) is 0 Å². The van der Waals surface area contributed by atoms with E-state index in [4.69, 9.17) is 0 Å². The molecule has 3 nitrogen and oxygen atoms in total. The summed E-state index contributed by atoms with van der Waals surface area (Å²) in [6.45, 7) is 0. The van der Waals surface area contributed by atoms with Crippen LogP contribution in [0.5, 0.6) is 0 Å². The highest BCUT2D eigenvalue weighted by Crippen LogP contribution is 2.14. The average molecular weight is 186 g/mol. The molecule has 0 fully saturated rings. The molecular weight excluding hydrogens is 174 g/mol. The molecule has 1 aromatic carbocycles. The first-order chi connectivity index (χ1) is 6.77. The van der Waals surface area contributed by atoms with Crippen molar-refractivity contribution >= 4 is 5.69 Å². The molecular formula is C11H12N3. The molecule has 0 unspecified atom stereocenters. The third-order valence-corrected chi connectivity index (χ3v) is 2.10. The summed E-state index contributed by atoms with van der Waals surface area (Å²) in [7, 11) is 4.05. The number of hydrogen-bond acceptors (Lipinski definition) is 2. The molecule has 0 spiro atoms. The first-order valence-electron chi connectivity index (χ1n) is 4.46. The Morgan fingerprint density at radius 1 is 1.21 bits per heavy atom. The molecule has 2 aromatic rings. The summed E-state index contributed by atoms with van der Waals surface area (Å²) in [5.41, 5.74) is 2.27. The number of anilines is 1. The van der Waals surface area contributed by atoms with Gasteiger partial charge in [-0.2, -0.15) is 0 Å². The first kappa shape index (κ1) is 8.81. The van der Waals surface area contributed by atoms with Gasteiger partial charge in [0.25, 0.3) is 0 Å². The molecule has 1 radical (unpaired) electrons. The number of imidazole rings is 1. The van der Waals surface area contributed by atoms with E-state index in [1.165, 1.54) is 5.69 Å². The van der Waals surface area contributed by atoms with Crippen molar-refractivity contribution in [2.45, 2.75) is 0 Å². The van der Waals surface area contributed by atoms with Crippen LogP contribution in [0.3, 0.4) is 0 Å². The van der Waals surface area contributed by atoms with Crippen molar-refractivity contribution in [2.24, 2.45) is 0 Å². The molecule has 0 atom stereocenters. The van der Waals surface area contributed by atoms with Gasteiger partial charge in [-0.1, -0.05) is 0 Å². The molecule has 0 aliphatic carbocycles. The quantitative estimate of drug-likeness (QED) is 0.712. The van der Waals surface area contributed by atoms with E-state index in [1.54, 1.807) is 6.20 Å². The van der Waals surface area contributed by atoms with Crippen LogP contribution in [0.4, 0.5) is 5.69 Å². The maximum absolute atomic E-state index is 3.88. The van der Waals surface area contributed by atoms with E-state index >= 15 is 0 Å². The Balaban J connectivity index is 2.31. The largest absolute Gasteiger partial charge is 0.378 e. The zero-order valence-electron chi connectivity index (χ0n) is 8.31. The molecule has 2 rings (SSSR count). The van der Waals surface area contributed by atoms with Crippen molar-refractivity contribution in [1.82, 2.24) is 9.55 Å². The molecule has 1 heterocycles. The van der Waals surface area contributed by atoms with Crippen LogP contribution >= 0.6 is 0 Å². The minimum atomic E-state index is 1.08. The smallest absolute Gasteiger partial charge is 0.181 e. The summed E-state index contributed by atoms with van der Waals surface area (Å²) in [5.74, 6) is 0. The van der Waals surface area contributed by atoms with Crippen molar-refractivity contribution in [3.05, 3.63) is 43.0 Å². The van der Waals surface area contributed by atoms with Crippen molar-refractivity contribution in [2.75, 3.05) is 19.0 Å². The highest BCUT2D eigenvalue weighted by Gasteiger charge is 1.97. The standard InChI is InChI=1S/C11H12N3/c1-13(2)10-3-5-11(6-4-10)14-8-7-12-9-14/h3-8H,1-2H3. The monoisotopic (exact) mass is 186 g/mol. The Bertz CT molecular complexity index is 387. The highest BCUT2D eigenvalue weighted by atomic mass is 15.1. The van der Waals surface area contributed by atoms with Gasteiger partial charge in [0, 0.05) is 37.9 Å². The molecule has 1 aromatic heterocycles. The summed E-state index contributed by atoms with van der Waals surface area (Å²) in [6.07, 6.45) is 6.46. The Labute approximate surface area is 83.6 Å². The maximum atomic E-state index is 3.88. The zero-order chi connectivity index (χ0) is 9.97. The fourth-order valence-electron chi connectivity index (χ4n) is 1.28. The van der Waals surface area contributed by atoms with Crippen molar-refractivity contribution in [1.29, 1.82) is 0 Å². The average Bonchev–Trinajstić information content (AvgIpc) is 2.71. The number of benzene rings is 1. The van der Waals surface area contributed by atoms with E-state index in [0.29, 0.717) is 0 Å². The van der Waals surface area contributed by atoms with Crippen LogP contribution in [-0.4, -0.2) is 23.6 Å². The molecule has 3 heteroatoms. The Kier molecular flexibility index (Phi) is 2.23. The van der Waals surface area contributed by atoms with Gasteiger partial charge in [-0.05, 0) is 24.3 Å². The molecule has 0 saturated heterocycles. The first-order valence-corrected chi connectivity index (χ1v) is 4.46. The predicted molar refractivity (Wildman–Crippen MR) is 56.7 cm³/mol. The Morgan fingerprint density at radius 3 is 2.43 bits per heavy atom. The lowest BCUT2D eigenvalue weighted by Gasteiger charge is -2.12. The third-order valence-electron chi connectivity index (χ3n) is 2.10. The van der Waals surface area contributed by atoms with Crippen LogP contribution in [0.2, 0.25) is 0 Å². The van der Waals surface area contributed by atoms with Gasteiger partial charge in [-0.15, -0.1) is 0 Å². The van der Waals surface area contributed by atoms with Gasteiger partial charge >= 0.3 is 0 Å². The van der Waals surface area contributed by atoms with Crippen molar-refractivity contribution in [3.8, 4) is 5.69 Å². The van der Waals surface area contributed by atoms with E-state index in [9.17, 15) is 0 Å². The summed E-state index contributed by atoms with van der Waals surface area (Å²) >= 11 is 0. The zero-order valence-corrected chi connectivity index (χ0v) is 8.31. The van der Waals surface area contributed by atoms with Gasteiger partial charge in [-0.3, -0.25) is 4.57 Å². The summed E-state index contributed by atoms with van der Waals surface area (Å²) in [5, 5.41) is 0. The molecule has 0 aliphatic heterocycles. The molecule has 0 N–H and O–H groups in total. The number of nitrogens with zero attached hydrogens (tertiary/aromatic N) is 3. The van der Waals surface area contributed by atoms with E-state index in [1.807, 2.05) is 37.0 Å². The lowest BCUT2D eigenvalue weighted by atomic mass is 10.2. The molecule has 71 valence electrons. The van der Waals surface area contributed by atoms with Crippen LogP contribution in [0.15, 0.2) is 36.7 Å². The molecule has 0 saturated carbocycles. The summed E-state index contributed by atoms with van der Waals surface area (Å²) < 4.78 is 1.86. The molecule has 0 amide bonds. The summed E-state index contributed by atoms with van der Waals surface area (Å²) in [4.78, 5) is 5.95. The van der Waals surface area contributed by atoms with Crippen molar-refractivity contribution < 1.29 is 0 Å². The van der Waals surface area contributed by atoms with Gasteiger partial charge in [-0.25, -0.2) is 4.98 Å². The third kappa shape index (κ3) is 1.62. The fraction of sp³-hybridized carbons (Fsp3) is 0.182. The van der Waals surface area contributed by atoms with Crippen LogP contribution in [0.25, 0.3) is 5.69 Å². The minimum Gasteiger partial charge on any atom is -0.378 e. The van der Waals surface area contributed by atoms with Gasteiger partial charge < -0.3 is 4.90 Å². The second-order valence-electron chi connectivity index (χ2n) is 3.31. The van der Waals surface area contributed by atoms with Gasteiger partial charge in [0.2, 0.25) is 0 Å². The number of rotatable bonds is 2. The van der Waals surface area contributed by atoms with E-state index in [2.05, 4.69) is 28.3 Å². The predicted octanol–water partition coefficient (Wildman–Crippen LogP) is 1.74. The van der Waals surface area contributed by atoms with Crippen LogP contribution < -0.4 is 4.90 Å². The lowest BCUT2D eigenvalue weighted by Crippen LogP contribution is -2.08. The van der Waals surface area contributed by atoms with Crippen LogP contribution in [0.1, 0.15) is 0 Å². The SMILES string of the molecule is CN(C)c1ccc(-n2[c]ncc2)cc1. The topological polar surface area (TPSA) is 21.1 Å². The lowest BCUT2D eigenvalue weighted by molar-refractivity contribution is 1.04. The van der Waals surface area contributed by atoms with E-state index < -0.39 is 0 Å². The Hall–Kier alpha value is -1.77. The van der Waals surface area contributed by atoms with Crippen LogP contribution in [0, 0.1) is 6.33 Å². The molecule has 14 heavy (non-hydrogen) atoms. The second-order valence-corrected chi connectivity index (χ2v) is 3.31. The summed E-state index contributed by atoms with van der Waals surface area (Å²) in [6, 6.07) is 8.24. The normalized spacial score (nSPS) is 10.1. The van der Waals surface area contributed by atoms with Gasteiger partial charge in [0.1, 0.15) is 0 Å². The maximum Gasteiger partial charge on any atom is 0.181 e. The highest BCUT2D eigenvalue weighted by molar-refractivity contribution is 5.49. The molecule has 0 aliphatic rings. The second kappa shape index (κ2) is 3.54. The van der Waals surface area contributed by atoms with Gasteiger partial charge in [0.15, 0.2) is 6.33 Å². The number of aromatic nitrogens is 2. The Morgan fingerprint density at radius 2 is 1.93 bits per heavy atom. The number of hydrogen-bond donors (Lipinski definition) is 0. The minimum absolute atomic E-state index is 1.08.